The van der Waals surface area contributed by atoms with Gasteiger partial charge in [-0.25, -0.2) is 8.78 Å². The molecule has 0 spiro atoms. The largest absolute Gasteiger partial charge is 0.435 e. The second kappa shape index (κ2) is 8.27. The van der Waals surface area contributed by atoms with E-state index in [1.54, 1.807) is 0 Å². The van der Waals surface area contributed by atoms with Crippen LogP contribution in [0.2, 0.25) is 0 Å². The van der Waals surface area contributed by atoms with E-state index >= 15 is 0 Å². The van der Waals surface area contributed by atoms with Gasteiger partial charge in [-0.2, -0.15) is 22.7 Å². The molecule has 2 aromatic rings. The van der Waals surface area contributed by atoms with Gasteiger partial charge in [0, 0.05) is 17.7 Å². The van der Waals surface area contributed by atoms with Crippen LogP contribution < -0.4 is 14.9 Å². The molecule has 0 aromatic heterocycles. The Morgan fingerprint density at radius 2 is 1.64 bits per heavy atom. The highest BCUT2D eigenvalue weighted by Crippen LogP contribution is 2.26. The number of alkyl halides is 4. The molecule has 0 radical (unpaired) electrons. The van der Waals surface area contributed by atoms with Crippen LogP contribution in [0.15, 0.2) is 41.5 Å². The van der Waals surface area contributed by atoms with Crippen molar-refractivity contribution in [2.75, 3.05) is 5.43 Å². The molecule has 0 aliphatic carbocycles. The van der Waals surface area contributed by atoms with E-state index in [-0.39, 0.29) is 17.0 Å². The Balaban J connectivity index is 2.18. The third-order valence-corrected chi connectivity index (χ3v) is 2.75. The molecule has 0 unspecified atom stereocenters. The molecule has 0 aliphatic rings. The molecule has 134 valence electrons. The molecule has 0 aliphatic heterocycles. The lowest BCUT2D eigenvalue weighted by molar-refractivity contribution is -0.0543. The summed E-state index contributed by atoms with van der Waals surface area (Å²) in [5.41, 5.74) is 2.07. The van der Waals surface area contributed by atoms with Crippen LogP contribution in [-0.2, 0) is 0 Å². The van der Waals surface area contributed by atoms with Crippen LogP contribution in [0.3, 0.4) is 0 Å². The molecular weight excluding hydrogens is 354 g/mol. The van der Waals surface area contributed by atoms with Crippen LogP contribution in [0, 0.1) is 11.6 Å². The summed E-state index contributed by atoms with van der Waals surface area (Å²) in [6.07, 6.45) is 0.993. The van der Waals surface area contributed by atoms with Crippen LogP contribution in [-0.4, -0.2) is 19.4 Å². The van der Waals surface area contributed by atoms with Crippen LogP contribution in [0.5, 0.6) is 11.5 Å². The van der Waals surface area contributed by atoms with Crippen molar-refractivity contribution in [2.24, 2.45) is 5.10 Å². The van der Waals surface area contributed by atoms with Crippen LogP contribution in [0.25, 0.3) is 0 Å². The number of hydrogen-bond donors (Lipinski definition) is 1. The maximum atomic E-state index is 13.4. The third kappa shape index (κ3) is 5.59. The van der Waals surface area contributed by atoms with Gasteiger partial charge < -0.3 is 9.47 Å². The zero-order valence-corrected chi connectivity index (χ0v) is 12.2. The zero-order chi connectivity index (χ0) is 18.4. The molecule has 0 fully saturated rings. The number of rotatable bonds is 7. The van der Waals surface area contributed by atoms with E-state index in [4.69, 9.17) is 0 Å². The molecule has 2 rings (SSSR count). The molecule has 0 heterocycles. The van der Waals surface area contributed by atoms with Gasteiger partial charge in [0.15, 0.2) is 5.82 Å². The summed E-state index contributed by atoms with van der Waals surface area (Å²) in [6.45, 7) is -6.35. The second-order valence-electron chi connectivity index (χ2n) is 4.45. The first-order valence-electron chi connectivity index (χ1n) is 6.63. The van der Waals surface area contributed by atoms with Gasteiger partial charge in [-0.15, -0.1) is 0 Å². The first-order chi connectivity index (χ1) is 11.8. The van der Waals surface area contributed by atoms with Gasteiger partial charge in [0.1, 0.15) is 17.3 Å². The average Bonchev–Trinajstić information content (AvgIpc) is 2.50. The summed E-state index contributed by atoms with van der Waals surface area (Å²) in [5.74, 6) is -2.56. The van der Waals surface area contributed by atoms with Gasteiger partial charge in [0.05, 0.1) is 11.9 Å². The zero-order valence-electron chi connectivity index (χ0n) is 12.2. The Kier molecular flexibility index (Phi) is 6.09. The van der Waals surface area contributed by atoms with Crippen molar-refractivity contribution in [3.05, 3.63) is 53.6 Å². The quantitative estimate of drug-likeness (QED) is 0.443. The molecule has 0 amide bonds. The van der Waals surface area contributed by atoms with E-state index in [1.807, 2.05) is 0 Å². The Labute approximate surface area is 137 Å². The smallest absolute Gasteiger partial charge is 0.387 e. The molecule has 0 saturated carbocycles. The number of hydrazone groups is 1. The minimum atomic E-state index is -3.21. The van der Waals surface area contributed by atoms with Crippen LogP contribution in [0.4, 0.5) is 32.0 Å². The monoisotopic (exact) mass is 364 g/mol. The van der Waals surface area contributed by atoms with Crippen molar-refractivity contribution in [3.63, 3.8) is 0 Å². The average molecular weight is 364 g/mol. The fraction of sp³-hybridized carbons (Fsp3) is 0.133. The highest BCUT2D eigenvalue weighted by atomic mass is 19.3. The Bertz CT molecular complexity index is 755. The Morgan fingerprint density at radius 3 is 2.28 bits per heavy atom. The van der Waals surface area contributed by atoms with E-state index < -0.39 is 30.6 Å². The standard InChI is InChI=1S/C15H10F6N2O2/c16-9-2-4-12(11(17)5-9)23-22-7-8-1-3-10(24-14(18)19)6-13(8)25-15(20)21/h1-7,14-15,23H/b22-7+. The number of benzene rings is 2. The van der Waals surface area contributed by atoms with Gasteiger partial charge in [-0.3, -0.25) is 5.43 Å². The third-order valence-electron chi connectivity index (χ3n) is 2.75. The maximum absolute atomic E-state index is 13.4. The van der Waals surface area contributed by atoms with Crippen molar-refractivity contribution >= 4 is 11.9 Å². The molecule has 25 heavy (non-hydrogen) atoms. The van der Waals surface area contributed by atoms with Crippen LogP contribution in [0.1, 0.15) is 5.56 Å². The van der Waals surface area contributed by atoms with Crippen LogP contribution >= 0.6 is 0 Å². The molecule has 4 nitrogen and oxygen atoms in total. The molecule has 1 N–H and O–H groups in total. The maximum Gasteiger partial charge on any atom is 0.387 e. The van der Waals surface area contributed by atoms with Gasteiger partial charge in [0.25, 0.3) is 0 Å². The lowest BCUT2D eigenvalue weighted by Crippen LogP contribution is -2.07. The SMILES string of the molecule is Fc1ccc(N/N=C/c2ccc(OC(F)F)cc2OC(F)F)c(F)c1. The number of nitrogens with zero attached hydrogens (tertiary/aromatic N) is 1. The van der Waals surface area contributed by atoms with E-state index in [1.165, 1.54) is 0 Å². The fourth-order valence-corrected chi connectivity index (χ4v) is 1.75. The predicted octanol–water partition coefficient (Wildman–Crippen LogP) is 4.61. The van der Waals surface area contributed by atoms with Crippen molar-refractivity contribution < 1.29 is 35.8 Å². The van der Waals surface area contributed by atoms with E-state index in [0.29, 0.717) is 6.07 Å². The van der Waals surface area contributed by atoms with E-state index in [0.717, 1.165) is 36.5 Å². The van der Waals surface area contributed by atoms with Gasteiger partial charge in [-0.1, -0.05) is 0 Å². The second-order valence-corrected chi connectivity index (χ2v) is 4.45. The van der Waals surface area contributed by atoms with Crippen molar-refractivity contribution in [1.82, 2.24) is 0 Å². The highest BCUT2D eigenvalue weighted by molar-refractivity contribution is 5.84. The number of ether oxygens (including phenoxy) is 2. The number of anilines is 1. The highest BCUT2D eigenvalue weighted by Gasteiger charge is 2.12. The van der Waals surface area contributed by atoms with Crippen molar-refractivity contribution in [1.29, 1.82) is 0 Å². The summed E-state index contributed by atoms with van der Waals surface area (Å²) < 4.78 is 83.6. The summed E-state index contributed by atoms with van der Waals surface area (Å²) in [6, 6.07) is 5.75. The topological polar surface area (TPSA) is 42.9 Å². The predicted molar refractivity (Wildman–Crippen MR) is 77.3 cm³/mol. The van der Waals surface area contributed by atoms with Crippen molar-refractivity contribution in [3.8, 4) is 11.5 Å². The molecule has 0 bridgehead atoms. The minimum Gasteiger partial charge on any atom is -0.435 e. The summed E-state index contributed by atoms with van der Waals surface area (Å²) in [4.78, 5) is 0. The lowest BCUT2D eigenvalue weighted by atomic mass is 10.2. The molecule has 10 heteroatoms. The summed E-state index contributed by atoms with van der Waals surface area (Å²) in [5, 5.41) is 3.61. The summed E-state index contributed by atoms with van der Waals surface area (Å²) in [7, 11) is 0. The van der Waals surface area contributed by atoms with Crippen molar-refractivity contribution in [2.45, 2.75) is 13.2 Å². The van der Waals surface area contributed by atoms with E-state index in [2.05, 4.69) is 20.0 Å². The first kappa shape index (κ1) is 18.4. The molecule has 2 aromatic carbocycles. The van der Waals surface area contributed by atoms with Gasteiger partial charge >= 0.3 is 13.2 Å². The van der Waals surface area contributed by atoms with Gasteiger partial charge in [-0.05, 0) is 24.3 Å². The first-order valence-corrected chi connectivity index (χ1v) is 6.63. The fourth-order valence-electron chi connectivity index (χ4n) is 1.75. The minimum absolute atomic E-state index is 0.0167. The molecular formula is C15H10F6N2O2. The van der Waals surface area contributed by atoms with E-state index in [9.17, 15) is 26.3 Å². The Morgan fingerprint density at radius 1 is 0.920 bits per heavy atom. The molecule has 0 saturated heterocycles. The normalized spacial score (nSPS) is 11.4. The van der Waals surface area contributed by atoms with Gasteiger partial charge in [0.2, 0.25) is 0 Å². The Hall–Kier alpha value is -2.91. The lowest BCUT2D eigenvalue weighted by Gasteiger charge is -2.11. The summed E-state index contributed by atoms with van der Waals surface area (Å²) >= 11 is 0. The molecule has 0 atom stereocenters. The number of halogens is 6. The number of nitrogens with one attached hydrogen (secondary N) is 1. The number of hydrogen-bond acceptors (Lipinski definition) is 4.